The van der Waals surface area contributed by atoms with E-state index in [1.807, 2.05) is 19.2 Å². The number of rotatable bonds is 4. The largest absolute Gasteiger partial charge is 0.305 e. The number of hydrogen-bond acceptors (Lipinski definition) is 4. The molecular formula is C14H15FN4S. The molecule has 0 aliphatic carbocycles. The number of nitrogens with zero attached hydrogens (tertiary/aromatic N) is 3. The highest BCUT2D eigenvalue weighted by Crippen LogP contribution is 2.33. The van der Waals surface area contributed by atoms with Crippen molar-refractivity contribution in [2.45, 2.75) is 13.0 Å². The van der Waals surface area contributed by atoms with Gasteiger partial charge >= 0.3 is 0 Å². The molecule has 4 nitrogen and oxygen atoms in total. The zero-order valence-corrected chi connectivity index (χ0v) is 12.1. The van der Waals surface area contributed by atoms with E-state index in [9.17, 15) is 4.39 Å². The number of nitrogens with one attached hydrogen (secondary N) is 1. The number of hydrogen-bond donors (Lipinski definition) is 1. The summed E-state index contributed by atoms with van der Waals surface area (Å²) in [6.07, 6.45) is 1.76. The van der Waals surface area contributed by atoms with Crippen LogP contribution in [0.3, 0.4) is 0 Å². The number of halogens is 1. The normalized spacial score (nSPS) is 12.9. The standard InChI is InChI=1S/C14H15FN4S/c1-3-16-14(11-8-17-18-19(11)2)13-7-9-6-10(15)4-5-12(9)20-13/h4-8,14,16H,3H2,1-2H3. The van der Waals surface area contributed by atoms with E-state index in [1.165, 1.54) is 6.07 Å². The minimum absolute atomic E-state index is 0.0282. The fraction of sp³-hybridized carbons (Fsp3) is 0.286. The predicted molar refractivity (Wildman–Crippen MR) is 78.3 cm³/mol. The van der Waals surface area contributed by atoms with Crippen LogP contribution >= 0.6 is 11.3 Å². The van der Waals surface area contributed by atoms with Crippen LogP contribution < -0.4 is 5.32 Å². The van der Waals surface area contributed by atoms with E-state index < -0.39 is 0 Å². The van der Waals surface area contributed by atoms with Gasteiger partial charge in [-0.2, -0.15) is 0 Å². The van der Waals surface area contributed by atoms with Crippen LogP contribution in [0.1, 0.15) is 23.5 Å². The smallest absolute Gasteiger partial charge is 0.123 e. The van der Waals surface area contributed by atoms with Crippen molar-refractivity contribution >= 4 is 21.4 Å². The second-order valence-electron chi connectivity index (χ2n) is 4.60. The lowest BCUT2D eigenvalue weighted by atomic mass is 10.1. The Kier molecular flexibility index (Phi) is 3.50. The molecule has 0 bridgehead atoms. The first-order chi connectivity index (χ1) is 9.69. The molecule has 1 aromatic carbocycles. The Labute approximate surface area is 120 Å². The second-order valence-corrected chi connectivity index (χ2v) is 5.72. The number of fused-ring (bicyclic) bond motifs is 1. The number of thiophene rings is 1. The third kappa shape index (κ3) is 2.32. The maximum absolute atomic E-state index is 13.3. The highest BCUT2D eigenvalue weighted by atomic mass is 32.1. The van der Waals surface area contributed by atoms with Gasteiger partial charge in [-0.15, -0.1) is 16.4 Å². The van der Waals surface area contributed by atoms with Crippen LogP contribution in [0.25, 0.3) is 10.1 Å². The van der Waals surface area contributed by atoms with Gasteiger partial charge in [-0.05, 0) is 36.2 Å². The summed E-state index contributed by atoms with van der Waals surface area (Å²) in [4.78, 5) is 1.14. The maximum atomic E-state index is 13.3. The molecule has 3 rings (SSSR count). The second kappa shape index (κ2) is 5.30. The van der Waals surface area contributed by atoms with E-state index in [-0.39, 0.29) is 11.9 Å². The molecule has 2 heterocycles. The van der Waals surface area contributed by atoms with Crippen LogP contribution in [0.4, 0.5) is 4.39 Å². The lowest BCUT2D eigenvalue weighted by Crippen LogP contribution is -2.23. The molecule has 6 heteroatoms. The third-order valence-electron chi connectivity index (χ3n) is 3.24. The van der Waals surface area contributed by atoms with E-state index >= 15 is 0 Å². The van der Waals surface area contributed by atoms with Gasteiger partial charge in [0.2, 0.25) is 0 Å². The van der Waals surface area contributed by atoms with Gasteiger partial charge in [0, 0.05) is 16.6 Å². The van der Waals surface area contributed by atoms with Crippen molar-refractivity contribution in [1.29, 1.82) is 0 Å². The van der Waals surface area contributed by atoms with Crippen LogP contribution in [0, 0.1) is 5.82 Å². The lowest BCUT2D eigenvalue weighted by molar-refractivity contribution is 0.574. The van der Waals surface area contributed by atoms with Crippen LogP contribution in [-0.4, -0.2) is 21.5 Å². The number of aromatic nitrogens is 3. The highest BCUT2D eigenvalue weighted by molar-refractivity contribution is 7.19. The van der Waals surface area contributed by atoms with Gasteiger partial charge in [-0.3, -0.25) is 4.68 Å². The molecular weight excluding hydrogens is 275 g/mol. The molecule has 0 aliphatic heterocycles. The first-order valence-electron chi connectivity index (χ1n) is 6.46. The molecule has 1 atom stereocenters. The van der Waals surface area contributed by atoms with Gasteiger partial charge in [0.25, 0.3) is 0 Å². The van der Waals surface area contributed by atoms with Crippen molar-refractivity contribution < 1.29 is 4.39 Å². The van der Waals surface area contributed by atoms with Gasteiger partial charge in [0.05, 0.1) is 17.9 Å². The van der Waals surface area contributed by atoms with Crippen molar-refractivity contribution in [3.63, 3.8) is 0 Å². The zero-order chi connectivity index (χ0) is 14.1. The summed E-state index contributed by atoms with van der Waals surface area (Å²) in [6.45, 7) is 2.89. The topological polar surface area (TPSA) is 42.7 Å². The molecule has 0 aliphatic rings. The van der Waals surface area contributed by atoms with E-state index in [0.29, 0.717) is 0 Å². The SMILES string of the molecule is CCNC(c1cc2cc(F)ccc2s1)c1cnnn1C. The predicted octanol–water partition coefficient (Wildman–Crippen LogP) is 2.87. The Morgan fingerprint density at radius 2 is 2.25 bits per heavy atom. The summed E-state index contributed by atoms with van der Waals surface area (Å²) >= 11 is 1.66. The molecule has 0 saturated carbocycles. The molecule has 0 spiro atoms. The molecule has 1 unspecified atom stereocenters. The summed E-state index contributed by atoms with van der Waals surface area (Å²) in [6, 6.07) is 6.95. The van der Waals surface area contributed by atoms with Crippen LogP contribution in [0.5, 0.6) is 0 Å². The fourth-order valence-electron chi connectivity index (χ4n) is 2.29. The number of benzene rings is 1. The molecule has 0 fully saturated rings. The summed E-state index contributed by atoms with van der Waals surface area (Å²) in [5.41, 5.74) is 0.999. The first-order valence-corrected chi connectivity index (χ1v) is 7.27. The Balaban J connectivity index is 2.07. The monoisotopic (exact) mass is 290 g/mol. The average Bonchev–Trinajstić information content (AvgIpc) is 3.01. The molecule has 1 N–H and O–H groups in total. The molecule has 2 aromatic heterocycles. The van der Waals surface area contributed by atoms with Crippen molar-refractivity contribution in [2.75, 3.05) is 6.54 Å². The van der Waals surface area contributed by atoms with Crippen LogP contribution in [0.2, 0.25) is 0 Å². The zero-order valence-electron chi connectivity index (χ0n) is 11.3. The van der Waals surface area contributed by atoms with Gasteiger partial charge < -0.3 is 5.32 Å². The highest BCUT2D eigenvalue weighted by Gasteiger charge is 2.19. The van der Waals surface area contributed by atoms with Crippen molar-refractivity contribution in [3.8, 4) is 0 Å². The summed E-state index contributed by atoms with van der Waals surface area (Å²) in [7, 11) is 1.87. The average molecular weight is 290 g/mol. The maximum Gasteiger partial charge on any atom is 0.123 e. The van der Waals surface area contributed by atoms with Crippen molar-refractivity contribution in [1.82, 2.24) is 20.3 Å². The molecule has 3 aromatic rings. The van der Waals surface area contributed by atoms with Crippen LogP contribution in [-0.2, 0) is 7.05 Å². The quantitative estimate of drug-likeness (QED) is 0.803. The Hall–Kier alpha value is -1.79. The van der Waals surface area contributed by atoms with Gasteiger partial charge in [0.1, 0.15) is 5.82 Å². The van der Waals surface area contributed by atoms with Gasteiger partial charge in [-0.25, -0.2) is 4.39 Å². The van der Waals surface area contributed by atoms with E-state index in [2.05, 4.69) is 22.6 Å². The lowest BCUT2D eigenvalue weighted by Gasteiger charge is -2.15. The molecule has 20 heavy (non-hydrogen) atoms. The number of aryl methyl sites for hydroxylation is 1. The van der Waals surface area contributed by atoms with Crippen molar-refractivity contribution in [2.24, 2.45) is 7.05 Å². The molecule has 0 saturated heterocycles. The minimum Gasteiger partial charge on any atom is -0.305 e. The van der Waals surface area contributed by atoms with Crippen molar-refractivity contribution in [3.05, 3.63) is 46.9 Å². The molecule has 0 radical (unpaired) electrons. The van der Waals surface area contributed by atoms with Crippen LogP contribution in [0.15, 0.2) is 30.5 Å². The molecule has 0 amide bonds. The molecule has 104 valence electrons. The third-order valence-corrected chi connectivity index (χ3v) is 4.42. The van der Waals surface area contributed by atoms with E-state index in [0.717, 1.165) is 27.2 Å². The fourth-order valence-corrected chi connectivity index (χ4v) is 3.42. The minimum atomic E-state index is -0.205. The Bertz CT molecular complexity index is 734. The summed E-state index contributed by atoms with van der Waals surface area (Å²) < 4.78 is 16.1. The van der Waals surface area contributed by atoms with E-state index in [1.54, 1.807) is 28.3 Å². The Morgan fingerprint density at radius 3 is 2.95 bits per heavy atom. The summed E-state index contributed by atoms with van der Waals surface area (Å²) in [5, 5.41) is 12.3. The van der Waals surface area contributed by atoms with E-state index in [4.69, 9.17) is 0 Å². The Morgan fingerprint density at radius 1 is 1.40 bits per heavy atom. The van der Waals surface area contributed by atoms with Gasteiger partial charge in [-0.1, -0.05) is 12.1 Å². The van der Waals surface area contributed by atoms with Gasteiger partial charge in [0.15, 0.2) is 0 Å². The first kappa shape index (κ1) is 13.2. The summed E-state index contributed by atoms with van der Waals surface area (Å²) in [5.74, 6) is -0.205.